The van der Waals surface area contributed by atoms with Crippen molar-refractivity contribution in [3.63, 3.8) is 0 Å². The van der Waals surface area contributed by atoms with Gasteiger partial charge in [0.05, 0.1) is 5.71 Å². The van der Waals surface area contributed by atoms with Crippen LogP contribution in [-0.4, -0.2) is 18.6 Å². The third-order valence-electron chi connectivity index (χ3n) is 4.88. The molecule has 2 aromatic carbocycles. The molecule has 130 valence electrons. The Morgan fingerprint density at radius 3 is 2.68 bits per heavy atom. The number of hydrogen-bond donors (Lipinski definition) is 0. The van der Waals surface area contributed by atoms with Crippen molar-refractivity contribution in [2.24, 2.45) is 11.1 Å². The van der Waals surface area contributed by atoms with Crippen LogP contribution in [0.1, 0.15) is 42.0 Å². The third kappa shape index (κ3) is 4.16. The maximum absolute atomic E-state index is 12.6. The van der Waals surface area contributed by atoms with Crippen molar-refractivity contribution in [3.8, 4) is 0 Å². The van der Waals surface area contributed by atoms with E-state index in [1.807, 2.05) is 37.3 Å². The van der Waals surface area contributed by atoms with E-state index in [9.17, 15) is 4.79 Å². The predicted octanol–water partition coefficient (Wildman–Crippen LogP) is 4.36. The minimum atomic E-state index is -0.0163. The molecule has 3 rings (SSSR count). The van der Waals surface area contributed by atoms with Crippen molar-refractivity contribution in [3.05, 3.63) is 70.8 Å². The number of Topliss-reactive ketones (excluding diaryl/α,β-unsaturated/α-hetero) is 1. The average Bonchev–Trinajstić information content (AvgIpc) is 2.63. The molecule has 3 heteroatoms. The van der Waals surface area contributed by atoms with Gasteiger partial charge in [0.2, 0.25) is 0 Å². The number of oxime groups is 1. The number of carbonyl (C=O) groups excluding carboxylic acids is 1. The van der Waals surface area contributed by atoms with Gasteiger partial charge in [-0.2, -0.15) is 0 Å². The topological polar surface area (TPSA) is 38.7 Å². The van der Waals surface area contributed by atoms with Gasteiger partial charge < -0.3 is 4.84 Å². The molecular weight excluding hydrogens is 310 g/mol. The molecule has 0 aromatic heterocycles. The van der Waals surface area contributed by atoms with Gasteiger partial charge in [-0.3, -0.25) is 4.79 Å². The van der Waals surface area contributed by atoms with Crippen LogP contribution < -0.4 is 0 Å². The lowest BCUT2D eigenvalue weighted by Gasteiger charge is -2.22. The van der Waals surface area contributed by atoms with Crippen LogP contribution in [0.5, 0.6) is 0 Å². The number of hydrogen-bond acceptors (Lipinski definition) is 3. The van der Waals surface area contributed by atoms with E-state index in [0.717, 1.165) is 37.0 Å². The highest BCUT2D eigenvalue weighted by Crippen LogP contribution is 2.27. The van der Waals surface area contributed by atoms with Crippen LogP contribution in [0.15, 0.2) is 53.7 Å². The summed E-state index contributed by atoms with van der Waals surface area (Å²) in [5, 5.41) is 4.24. The largest absolute Gasteiger partial charge is 0.399 e. The van der Waals surface area contributed by atoms with Crippen LogP contribution >= 0.6 is 0 Å². The summed E-state index contributed by atoms with van der Waals surface area (Å²) in [6.07, 6.45) is 4.34. The molecule has 2 aromatic rings. The minimum Gasteiger partial charge on any atom is -0.399 e. The van der Waals surface area contributed by atoms with E-state index < -0.39 is 0 Å². The Labute approximate surface area is 149 Å². The highest BCUT2D eigenvalue weighted by molar-refractivity contribution is 6.03. The second-order valence-electron chi connectivity index (χ2n) is 6.76. The van der Waals surface area contributed by atoms with E-state index in [2.05, 4.69) is 23.4 Å². The van der Waals surface area contributed by atoms with Crippen molar-refractivity contribution < 1.29 is 9.63 Å². The maximum Gasteiger partial charge on any atom is 0.140 e. The highest BCUT2D eigenvalue weighted by Gasteiger charge is 2.22. The zero-order valence-electron chi connectivity index (χ0n) is 15.0. The molecule has 0 heterocycles. The van der Waals surface area contributed by atoms with Gasteiger partial charge in [-0.1, -0.05) is 60.6 Å². The van der Waals surface area contributed by atoms with Crippen LogP contribution in [0, 0.1) is 5.92 Å². The summed E-state index contributed by atoms with van der Waals surface area (Å²) in [4.78, 5) is 17.7. The van der Waals surface area contributed by atoms with E-state index in [4.69, 9.17) is 4.84 Å². The number of nitrogens with zero attached hydrogens (tertiary/aromatic N) is 1. The van der Waals surface area contributed by atoms with E-state index in [-0.39, 0.29) is 11.7 Å². The first-order valence-corrected chi connectivity index (χ1v) is 8.97. The molecule has 0 N–H and O–H groups in total. The fourth-order valence-electron chi connectivity index (χ4n) is 3.59. The Morgan fingerprint density at radius 1 is 1.12 bits per heavy atom. The van der Waals surface area contributed by atoms with E-state index >= 15 is 0 Å². The first kappa shape index (κ1) is 17.4. The minimum absolute atomic E-state index is 0.0163. The van der Waals surface area contributed by atoms with E-state index in [0.29, 0.717) is 6.42 Å². The van der Waals surface area contributed by atoms with Crippen LogP contribution in [0.4, 0.5) is 0 Å². The number of fused-ring (bicyclic) bond motifs is 1. The molecule has 0 bridgehead atoms. The van der Waals surface area contributed by atoms with Gasteiger partial charge in [0.25, 0.3) is 0 Å². The zero-order chi connectivity index (χ0) is 17.6. The van der Waals surface area contributed by atoms with Gasteiger partial charge in [-0.05, 0) is 42.4 Å². The lowest BCUT2D eigenvalue weighted by molar-refractivity contribution is -0.121. The fourth-order valence-corrected chi connectivity index (χ4v) is 3.59. The van der Waals surface area contributed by atoms with E-state index in [1.54, 1.807) is 7.11 Å². The number of aryl methyl sites for hydroxylation is 1. The number of carbonyl (C=O) groups is 1. The Balaban J connectivity index is 1.79. The van der Waals surface area contributed by atoms with Gasteiger partial charge in [-0.25, -0.2) is 0 Å². The average molecular weight is 335 g/mol. The summed E-state index contributed by atoms with van der Waals surface area (Å²) >= 11 is 0. The standard InChI is InChI=1S/C22H25NO2/c1-16(21(24)15-17-8-4-3-5-9-17)14-19-12-6-10-18-11-7-13-20(22(18)19)23-25-2/h3-6,8-10,12,16H,7,11,13-15H2,1-2H3/b23-20+. The second kappa shape index (κ2) is 8.11. The van der Waals surface area contributed by atoms with Crippen molar-refractivity contribution >= 4 is 11.5 Å². The predicted molar refractivity (Wildman–Crippen MR) is 101 cm³/mol. The molecule has 0 saturated carbocycles. The van der Waals surface area contributed by atoms with Crippen molar-refractivity contribution in [2.45, 2.75) is 39.0 Å². The Hall–Kier alpha value is -2.42. The normalized spacial score (nSPS) is 16.3. The van der Waals surface area contributed by atoms with Crippen LogP contribution in [0.2, 0.25) is 0 Å². The van der Waals surface area contributed by atoms with Crippen molar-refractivity contribution in [1.29, 1.82) is 0 Å². The molecule has 0 radical (unpaired) electrons. The van der Waals surface area contributed by atoms with Crippen molar-refractivity contribution in [1.82, 2.24) is 0 Å². The first-order valence-electron chi connectivity index (χ1n) is 8.97. The monoisotopic (exact) mass is 335 g/mol. The Morgan fingerprint density at radius 2 is 1.92 bits per heavy atom. The molecule has 1 aliphatic carbocycles. The number of rotatable bonds is 6. The lowest BCUT2D eigenvalue weighted by Crippen LogP contribution is -2.20. The smallest absolute Gasteiger partial charge is 0.140 e. The van der Waals surface area contributed by atoms with Crippen LogP contribution in [-0.2, 0) is 28.9 Å². The summed E-state index contributed by atoms with van der Waals surface area (Å²) in [5.41, 5.74) is 5.83. The van der Waals surface area contributed by atoms with E-state index in [1.165, 1.54) is 16.7 Å². The number of benzene rings is 2. The fraction of sp³-hybridized carbons (Fsp3) is 0.364. The Kier molecular flexibility index (Phi) is 5.64. The van der Waals surface area contributed by atoms with Gasteiger partial charge in [-0.15, -0.1) is 0 Å². The molecular formula is C22H25NO2. The molecule has 1 unspecified atom stereocenters. The molecule has 0 fully saturated rings. The van der Waals surface area contributed by atoms with Crippen LogP contribution in [0.3, 0.4) is 0 Å². The molecule has 25 heavy (non-hydrogen) atoms. The molecule has 1 aliphatic rings. The summed E-state index contributed by atoms with van der Waals surface area (Å²) in [6, 6.07) is 16.4. The second-order valence-corrected chi connectivity index (χ2v) is 6.76. The first-order chi connectivity index (χ1) is 12.2. The lowest BCUT2D eigenvalue weighted by atomic mass is 9.83. The summed E-state index contributed by atoms with van der Waals surface area (Å²) < 4.78 is 0. The van der Waals surface area contributed by atoms with Gasteiger partial charge in [0.15, 0.2) is 0 Å². The third-order valence-corrected chi connectivity index (χ3v) is 4.88. The zero-order valence-corrected chi connectivity index (χ0v) is 15.0. The van der Waals surface area contributed by atoms with Crippen molar-refractivity contribution in [2.75, 3.05) is 7.11 Å². The SMILES string of the molecule is CO/N=C1\CCCc2cccc(CC(C)C(=O)Cc3ccccc3)c21. The van der Waals surface area contributed by atoms with Gasteiger partial charge in [0.1, 0.15) is 12.9 Å². The number of ketones is 1. The molecule has 1 atom stereocenters. The Bertz CT molecular complexity index is 765. The quantitative estimate of drug-likeness (QED) is 0.736. The summed E-state index contributed by atoms with van der Waals surface area (Å²) in [7, 11) is 1.59. The molecule has 0 spiro atoms. The summed E-state index contributed by atoms with van der Waals surface area (Å²) in [6.45, 7) is 2.03. The highest BCUT2D eigenvalue weighted by atomic mass is 16.6. The molecule has 3 nitrogen and oxygen atoms in total. The molecule has 0 saturated heterocycles. The molecule has 0 amide bonds. The van der Waals surface area contributed by atoms with Gasteiger partial charge in [0, 0.05) is 17.9 Å². The van der Waals surface area contributed by atoms with Crippen LogP contribution in [0.25, 0.3) is 0 Å². The maximum atomic E-state index is 12.6. The molecule has 0 aliphatic heterocycles. The summed E-state index contributed by atoms with van der Waals surface area (Å²) in [5.74, 6) is 0.266. The van der Waals surface area contributed by atoms with Gasteiger partial charge >= 0.3 is 0 Å².